The molecular formula is C11H15NO4S. The Kier molecular flexibility index (Phi) is 4.65. The molecule has 0 bridgehead atoms. The van der Waals surface area contributed by atoms with E-state index in [2.05, 4.69) is 4.72 Å². The topological polar surface area (TPSA) is 72.5 Å². The molecule has 0 unspecified atom stereocenters. The van der Waals surface area contributed by atoms with Crippen LogP contribution >= 0.6 is 0 Å². The molecule has 0 amide bonds. The molecule has 0 aromatic heterocycles. The molecule has 94 valence electrons. The third-order valence-electron chi connectivity index (χ3n) is 1.83. The van der Waals surface area contributed by atoms with Gasteiger partial charge in [-0.25, -0.2) is 8.42 Å². The van der Waals surface area contributed by atoms with Gasteiger partial charge in [0.15, 0.2) is 0 Å². The van der Waals surface area contributed by atoms with Crippen molar-refractivity contribution >= 4 is 16.0 Å². The lowest BCUT2D eigenvalue weighted by molar-refractivity contribution is -0.145. The Morgan fingerprint density at radius 2 is 1.88 bits per heavy atom. The third kappa shape index (κ3) is 4.54. The van der Waals surface area contributed by atoms with Gasteiger partial charge in [0, 0.05) is 0 Å². The fraction of sp³-hybridized carbons (Fsp3) is 0.364. The van der Waals surface area contributed by atoms with E-state index in [0.29, 0.717) is 0 Å². The molecule has 0 heterocycles. The van der Waals surface area contributed by atoms with Crippen LogP contribution in [0, 0.1) is 0 Å². The van der Waals surface area contributed by atoms with Crippen molar-refractivity contribution in [1.29, 1.82) is 0 Å². The Labute approximate surface area is 101 Å². The minimum absolute atomic E-state index is 0.123. The zero-order chi connectivity index (χ0) is 12.9. The Bertz CT molecular complexity index is 468. The summed E-state index contributed by atoms with van der Waals surface area (Å²) in [4.78, 5) is 11.3. The number of hydrogen-bond donors (Lipinski definition) is 1. The summed E-state index contributed by atoms with van der Waals surface area (Å²) in [6, 6.07) is 7.85. The molecule has 1 aromatic carbocycles. The monoisotopic (exact) mass is 257 g/mol. The molecule has 1 N–H and O–H groups in total. The summed E-state index contributed by atoms with van der Waals surface area (Å²) in [5.41, 5.74) is 0. The number of hydrogen-bond acceptors (Lipinski definition) is 4. The van der Waals surface area contributed by atoms with E-state index < -0.39 is 16.0 Å². The van der Waals surface area contributed by atoms with Crippen molar-refractivity contribution in [2.24, 2.45) is 0 Å². The molecule has 0 aliphatic carbocycles. The van der Waals surface area contributed by atoms with Crippen molar-refractivity contribution in [1.82, 2.24) is 4.72 Å². The fourth-order valence-electron chi connectivity index (χ4n) is 1.14. The average molecular weight is 257 g/mol. The minimum atomic E-state index is -3.64. The Morgan fingerprint density at radius 3 is 2.41 bits per heavy atom. The number of nitrogens with one attached hydrogen (secondary N) is 1. The molecule has 1 aromatic rings. The molecule has 0 spiro atoms. The number of sulfonamides is 1. The quantitative estimate of drug-likeness (QED) is 0.796. The molecule has 0 radical (unpaired) electrons. The summed E-state index contributed by atoms with van der Waals surface area (Å²) >= 11 is 0. The van der Waals surface area contributed by atoms with Gasteiger partial charge in [0.05, 0.1) is 11.0 Å². The van der Waals surface area contributed by atoms with Crippen LogP contribution in [0.3, 0.4) is 0 Å². The zero-order valence-electron chi connectivity index (χ0n) is 9.71. The third-order valence-corrected chi connectivity index (χ3v) is 3.24. The number of carbonyl (C=O) groups excluding carboxylic acids is 1. The smallest absolute Gasteiger partial charge is 0.321 e. The molecule has 17 heavy (non-hydrogen) atoms. The Balaban J connectivity index is 2.60. The van der Waals surface area contributed by atoms with Gasteiger partial charge in [0.1, 0.15) is 6.54 Å². The molecule has 0 atom stereocenters. The summed E-state index contributed by atoms with van der Waals surface area (Å²) < 4.78 is 30.4. The molecule has 0 fully saturated rings. The van der Waals surface area contributed by atoms with Gasteiger partial charge < -0.3 is 4.74 Å². The van der Waals surface area contributed by atoms with Gasteiger partial charge in [-0.3, -0.25) is 4.79 Å². The molecule has 0 aliphatic rings. The summed E-state index contributed by atoms with van der Waals surface area (Å²) in [6.45, 7) is 3.03. The molecule has 0 aliphatic heterocycles. The number of esters is 1. The van der Waals surface area contributed by atoms with Crippen LogP contribution in [-0.2, 0) is 19.6 Å². The summed E-state index contributed by atoms with van der Waals surface area (Å²) in [7, 11) is -3.64. The highest BCUT2D eigenvalue weighted by Gasteiger charge is 2.15. The maximum absolute atomic E-state index is 11.7. The van der Waals surface area contributed by atoms with Crippen LogP contribution in [0.5, 0.6) is 0 Å². The van der Waals surface area contributed by atoms with Gasteiger partial charge in [0.25, 0.3) is 0 Å². The van der Waals surface area contributed by atoms with Crippen molar-refractivity contribution in [3.63, 3.8) is 0 Å². The van der Waals surface area contributed by atoms with Crippen molar-refractivity contribution in [2.75, 3.05) is 6.54 Å². The van der Waals surface area contributed by atoms with Crippen LogP contribution in [0.4, 0.5) is 0 Å². The summed E-state index contributed by atoms with van der Waals surface area (Å²) in [6.07, 6.45) is -0.260. The maximum atomic E-state index is 11.7. The van der Waals surface area contributed by atoms with Crippen LogP contribution in [0.1, 0.15) is 13.8 Å². The van der Waals surface area contributed by atoms with E-state index in [9.17, 15) is 13.2 Å². The normalized spacial score (nSPS) is 11.5. The Morgan fingerprint density at radius 1 is 1.29 bits per heavy atom. The van der Waals surface area contributed by atoms with Gasteiger partial charge >= 0.3 is 5.97 Å². The summed E-state index contributed by atoms with van der Waals surface area (Å²) in [5, 5.41) is 0. The second-order valence-electron chi connectivity index (χ2n) is 3.68. The molecule has 0 saturated carbocycles. The first-order valence-corrected chi connectivity index (χ1v) is 6.64. The lowest BCUT2D eigenvalue weighted by atomic mass is 10.4. The van der Waals surface area contributed by atoms with E-state index in [1.807, 2.05) is 0 Å². The molecular weight excluding hydrogens is 242 g/mol. The van der Waals surface area contributed by atoms with Gasteiger partial charge in [-0.1, -0.05) is 18.2 Å². The van der Waals surface area contributed by atoms with Crippen molar-refractivity contribution in [2.45, 2.75) is 24.8 Å². The number of ether oxygens (including phenoxy) is 1. The fourth-order valence-corrected chi connectivity index (χ4v) is 2.13. The lowest BCUT2D eigenvalue weighted by Crippen LogP contribution is -2.31. The van der Waals surface area contributed by atoms with Crippen LogP contribution in [0.25, 0.3) is 0 Å². The first-order chi connectivity index (χ1) is 7.92. The SMILES string of the molecule is CC(C)OC(=O)CNS(=O)(=O)c1ccccc1. The zero-order valence-corrected chi connectivity index (χ0v) is 10.5. The predicted molar refractivity (Wildman–Crippen MR) is 62.9 cm³/mol. The first kappa shape index (κ1) is 13.7. The van der Waals surface area contributed by atoms with Crippen molar-refractivity contribution in [3.8, 4) is 0 Å². The van der Waals surface area contributed by atoms with Crippen LogP contribution in [0.15, 0.2) is 35.2 Å². The van der Waals surface area contributed by atoms with Gasteiger partial charge in [0.2, 0.25) is 10.0 Å². The highest BCUT2D eigenvalue weighted by molar-refractivity contribution is 7.89. The van der Waals surface area contributed by atoms with E-state index >= 15 is 0 Å². The highest BCUT2D eigenvalue weighted by Crippen LogP contribution is 2.06. The van der Waals surface area contributed by atoms with E-state index in [4.69, 9.17) is 4.74 Å². The summed E-state index contributed by atoms with van der Waals surface area (Å²) in [5.74, 6) is -0.598. The number of benzene rings is 1. The van der Waals surface area contributed by atoms with Gasteiger partial charge in [-0.15, -0.1) is 0 Å². The first-order valence-electron chi connectivity index (χ1n) is 5.16. The van der Waals surface area contributed by atoms with E-state index in [0.717, 1.165) is 0 Å². The lowest BCUT2D eigenvalue weighted by Gasteiger charge is -2.09. The van der Waals surface area contributed by atoms with Crippen molar-refractivity contribution in [3.05, 3.63) is 30.3 Å². The highest BCUT2D eigenvalue weighted by atomic mass is 32.2. The number of rotatable bonds is 5. The van der Waals surface area contributed by atoms with Crippen LogP contribution < -0.4 is 4.72 Å². The van der Waals surface area contributed by atoms with Crippen molar-refractivity contribution < 1.29 is 17.9 Å². The van der Waals surface area contributed by atoms with E-state index in [-0.39, 0.29) is 17.5 Å². The largest absolute Gasteiger partial charge is 0.462 e. The molecule has 6 heteroatoms. The van der Waals surface area contributed by atoms with Crippen LogP contribution in [-0.4, -0.2) is 27.0 Å². The van der Waals surface area contributed by atoms with Gasteiger partial charge in [-0.2, -0.15) is 4.72 Å². The average Bonchev–Trinajstić information content (AvgIpc) is 2.27. The Hall–Kier alpha value is -1.40. The molecule has 5 nitrogen and oxygen atoms in total. The van der Waals surface area contributed by atoms with Gasteiger partial charge in [-0.05, 0) is 26.0 Å². The maximum Gasteiger partial charge on any atom is 0.321 e. The molecule has 0 saturated heterocycles. The number of carbonyl (C=O) groups is 1. The standard InChI is InChI=1S/C11H15NO4S/c1-9(2)16-11(13)8-12-17(14,15)10-6-4-3-5-7-10/h3-7,9,12H,8H2,1-2H3. The minimum Gasteiger partial charge on any atom is -0.462 e. The molecule has 1 rings (SSSR count). The second kappa shape index (κ2) is 5.79. The van der Waals surface area contributed by atoms with Crippen LogP contribution in [0.2, 0.25) is 0 Å². The van der Waals surface area contributed by atoms with E-state index in [1.54, 1.807) is 32.0 Å². The van der Waals surface area contributed by atoms with E-state index in [1.165, 1.54) is 12.1 Å². The predicted octanol–water partition coefficient (Wildman–Crippen LogP) is 0.916. The second-order valence-corrected chi connectivity index (χ2v) is 5.44.